The summed E-state index contributed by atoms with van der Waals surface area (Å²) in [5.74, 6) is 1.34. The third-order valence-electron chi connectivity index (χ3n) is 3.74. The monoisotopic (exact) mass is 263 g/mol. The summed E-state index contributed by atoms with van der Waals surface area (Å²) in [4.78, 5) is 11.4. The molecule has 0 aromatic heterocycles. The van der Waals surface area contributed by atoms with E-state index in [-0.39, 0.29) is 11.7 Å². The van der Waals surface area contributed by atoms with Gasteiger partial charge in [-0.15, -0.1) is 0 Å². The number of amides is 1. The van der Waals surface area contributed by atoms with Crippen molar-refractivity contribution in [1.82, 2.24) is 5.32 Å². The van der Waals surface area contributed by atoms with Crippen LogP contribution < -0.4 is 14.8 Å². The van der Waals surface area contributed by atoms with Gasteiger partial charge >= 0.3 is 6.09 Å². The zero-order chi connectivity index (χ0) is 13.5. The molecule has 2 aliphatic rings. The number of carbonyl (C=O) groups is 1. The average Bonchev–Trinajstić information content (AvgIpc) is 2.85. The lowest BCUT2D eigenvalue weighted by Crippen LogP contribution is -2.30. The zero-order valence-electron chi connectivity index (χ0n) is 11.1. The average molecular weight is 263 g/mol. The Kier molecular flexibility index (Phi) is 2.86. The highest BCUT2D eigenvalue weighted by molar-refractivity contribution is 5.70. The van der Waals surface area contributed by atoms with Crippen molar-refractivity contribution < 1.29 is 19.0 Å². The Hall–Kier alpha value is -1.75. The summed E-state index contributed by atoms with van der Waals surface area (Å²) in [5, 5.41) is 2.60. The first-order chi connectivity index (χ1) is 9.13. The minimum atomic E-state index is -0.439. The number of hydrogen-bond acceptors (Lipinski definition) is 4. The van der Waals surface area contributed by atoms with Crippen LogP contribution in [0.5, 0.6) is 11.5 Å². The predicted octanol–water partition coefficient (Wildman–Crippen LogP) is 2.19. The lowest BCUT2D eigenvalue weighted by molar-refractivity contribution is -0.0514. The van der Waals surface area contributed by atoms with Crippen molar-refractivity contribution in [1.29, 1.82) is 0 Å². The van der Waals surface area contributed by atoms with Gasteiger partial charge in [-0.3, -0.25) is 0 Å². The van der Waals surface area contributed by atoms with Gasteiger partial charge in [0.25, 0.3) is 0 Å². The Balaban J connectivity index is 1.86. The van der Waals surface area contributed by atoms with Crippen LogP contribution in [0.2, 0.25) is 0 Å². The second-order valence-electron chi connectivity index (χ2n) is 5.07. The molecular weight excluding hydrogens is 246 g/mol. The van der Waals surface area contributed by atoms with Gasteiger partial charge in [0.1, 0.15) is 11.5 Å². The van der Waals surface area contributed by atoms with Gasteiger partial charge in [-0.2, -0.15) is 0 Å². The highest BCUT2D eigenvalue weighted by atomic mass is 16.7. The van der Waals surface area contributed by atoms with E-state index in [4.69, 9.17) is 14.2 Å². The second-order valence-corrected chi connectivity index (χ2v) is 5.07. The molecule has 1 amide bonds. The fourth-order valence-electron chi connectivity index (χ4n) is 2.63. The Bertz CT molecular complexity index is 516. The summed E-state index contributed by atoms with van der Waals surface area (Å²) in [7, 11) is 0. The van der Waals surface area contributed by atoms with Crippen LogP contribution in [0.3, 0.4) is 0 Å². The maximum Gasteiger partial charge on any atom is 0.412 e. The Labute approximate surface area is 111 Å². The van der Waals surface area contributed by atoms with Crippen LogP contribution in [0.25, 0.3) is 0 Å². The highest BCUT2D eigenvalue weighted by Crippen LogP contribution is 2.49. The molecule has 0 aliphatic carbocycles. The molecule has 0 bridgehead atoms. The Morgan fingerprint density at radius 3 is 3.21 bits per heavy atom. The van der Waals surface area contributed by atoms with E-state index in [2.05, 4.69) is 12.2 Å². The lowest BCUT2D eigenvalue weighted by Gasteiger charge is -2.20. The predicted molar refractivity (Wildman–Crippen MR) is 68.5 cm³/mol. The van der Waals surface area contributed by atoms with Crippen molar-refractivity contribution in [2.75, 3.05) is 13.2 Å². The summed E-state index contributed by atoms with van der Waals surface area (Å²) in [6.07, 6.45) is 0.253. The molecule has 1 N–H and O–H groups in total. The highest BCUT2D eigenvalue weighted by Gasteiger charge is 2.50. The summed E-state index contributed by atoms with van der Waals surface area (Å²) >= 11 is 0. The van der Waals surface area contributed by atoms with Crippen molar-refractivity contribution in [3.8, 4) is 11.5 Å². The molecule has 3 rings (SSSR count). The van der Waals surface area contributed by atoms with Gasteiger partial charge in [-0.25, -0.2) is 4.79 Å². The third kappa shape index (κ3) is 1.94. The van der Waals surface area contributed by atoms with Crippen LogP contribution in [-0.4, -0.2) is 25.5 Å². The Morgan fingerprint density at radius 2 is 2.42 bits per heavy atom. The van der Waals surface area contributed by atoms with Crippen LogP contribution in [0.1, 0.15) is 25.8 Å². The van der Waals surface area contributed by atoms with Gasteiger partial charge in [-0.05, 0) is 38.5 Å². The molecule has 2 heterocycles. The SMILES string of the molecule is CCNC(=O)Oc1ccc2c(c1)[C@]1(C)CCO[C@@H]1O2. The molecule has 2 aliphatic heterocycles. The largest absolute Gasteiger partial charge is 0.464 e. The molecule has 0 saturated carbocycles. The lowest BCUT2D eigenvalue weighted by atomic mass is 9.82. The van der Waals surface area contributed by atoms with Crippen LogP contribution in [0, 0.1) is 0 Å². The molecule has 5 nitrogen and oxygen atoms in total. The van der Waals surface area contributed by atoms with Crippen LogP contribution in [0.15, 0.2) is 18.2 Å². The van der Waals surface area contributed by atoms with E-state index in [1.807, 2.05) is 19.1 Å². The first kappa shape index (κ1) is 12.3. The second kappa shape index (κ2) is 4.42. The minimum Gasteiger partial charge on any atom is -0.464 e. The van der Waals surface area contributed by atoms with E-state index in [9.17, 15) is 4.79 Å². The van der Waals surface area contributed by atoms with Gasteiger partial charge in [-0.1, -0.05) is 0 Å². The molecule has 1 aromatic rings. The molecule has 1 fully saturated rings. The summed E-state index contributed by atoms with van der Waals surface area (Å²) in [6.45, 7) is 5.20. The maximum atomic E-state index is 11.4. The van der Waals surface area contributed by atoms with Crippen LogP contribution in [0.4, 0.5) is 4.79 Å². The van der Waals surface area contributed by atoms with E-state index in [0.29, 0.717) is 18.9 Å². The summed E-state index contributed by atoms with van der Waals surface area (Å²) in [5.41, 5.74) is 0.910. The van der Waals surface area contributed by atoms with Gasteiger partial charge in [0.05, 0.1) is 12.0 Å². The van der Waals surface area contributed by atoms with Crippen molar-refractivity contribution in [2.45, 2.75) is 32.0 Å². The molecule has 19 heavy (non-hydrogen) atoms. The Morgan fingerprint density at radius 1 is 1.58 bits per heavy atom. The number of hydrogen-bond donors (Lipinski definition) is 1. The molecule has 2 atom stereocenters. The van der Waals surface area contributed by atoms with Crippen molar-refractivity contribution >= 4 is 6.09 Å². The van der Waals surface area contributed by atoms with Gasteiger partial charge in [0.15, 0.2) is 0 Å². The number of benzene rings is 1. The fraction of sp³-hybridized carbons (Fsp3) is 0.500. The van der Waals surface area contributed by atoms with Crippen molar-refractivity contribution in [3.05, 3.63) is 23.8 Å². The van der Waals surface area contributed by atoms with Crippen molar-refractivity contribution in [2.24, 2.45) is 0 Å². The molecule has 0 radical (unpaired) electrons. The minimum absolute atomic E-state index is 0.143. The summed E-state index contributed by atoms with van der Waals surface area (Å²) < 4.78 is 16.6. The number of carbonyl (C=O) groups excluding carboxylic acids is 1. The molecule has 102 valence electrons. The molecular formula is C14H17NO4. The van der Waals surface area contributed by atoms with Gasteiger partial charge in [0.2, 0.25) is 6.29 Å². The molecule has 0 unspecified atom stereocenters. The van der Waals surface area contributed by atoms with E-state index < -0.39 is 6.09 Å². The van der Waals surface area contributed by atoms with E-state index >= 15 is 0 Å². The number of fused-ring (bicyclic) bond motifs is 3. The van der Waals surface area contributed by atoms with Crippen LogP contribution >= 0.6 is 0 Å². The maximum absolute atomic E-state index is 11.4. The quantitative estimate of drug-likeness (QED) is 0.888. The first-order valence-corrected chi connectivity index (χ1v) is 6.52. The molecule has 5 heteroatoms. The number of ether oxygens (including phenoxy) is 3. The summed E-state index contributed by atoms with van der Waals surface area (Å²) in [6, 6.07) is 5.44. The molecule has 1 aromatic carbocycles. The van der Waals surface area contributed by atoms with Gasteiger partial charge in [0, 0.05) is 12.1 Å². The normalized spacial score (nSPS) is 27.4. The van der Waals surface area contributed by atoms with E-state index in [1.165, 1.54) is 0 Å². The van der Waals surface area contributed by atoms with E-state index in [1.54, 1.807) is 6.07 Å². The fourth-order valence-corrected chi connectivity index (χ4v) is 2.63. The third-order valence-corrected chi connectivity index (χ3v) is 3.74. The van der Waals surface area contributed by atoms with E-state index in [0.717, 1.165) is 17.7 Å². The zero-order valence-corrected chi connectivity index (χ0v) is 11.1. The smallest absolute Gasteiger partial charge is 0.412 e. The van der Waals surface area contributed by atoms with Gasteiger partial charge < -0.3 is 19.5 Å². The van der Waals surface area contributed by atoms with Crippen molar-refractivity contribution in [3.63, 3.8) is 0 Å². The first-order valence-electron chi connectivity index (χ1n) is 6.52. The molecule has 1 saturated heterocycles. The number of rotatable bonds is 2. The molecule has 0 spiro atoms. The van der Waals surface area contributed by atoms with Crippen LogP contribution in [-0.2, 0) is 10.2 Å². The topological polar surface area (TPSA) is 56.8 Å². The number of nitrogens with one attached hydrogen (secondary N) is 1. The standard InChI is InChI=1S/C14H17NO4/c1-3-15-13(16)18-9-4-5-11-10(8-9)14(2)6-7-17-12(14)19-11/h4-5,8,12H,3,6-7H2,1-2H3,(H,15,16)/t12-,14+/m1/s1.